The number of anilines is 2. The van der Waals surface area contributed by atoms with Gasteiger partial charge in [0.1, 0.15) is 10.6 Å². The lowest BCUT2D eigenvalue weighted by molar-refractivity contribution is -0.384. The van der Waals surface area contributed by atoms with Crippen LogP contribution in [0, 0.1) is 10.1 Å². The molecular weight excluding hydrogens is 418 g/mol. The summed E-state index contributed by atoms with van der Waals surface area (Å²) >= 11 is 1.20. The lowest BCUT2D eigenvalue weighted by Crippen LogP contribution is -2.19. The first kappa shape index (κ1) is 20.0. The summed E-state index contributed by atoms with van der Waals surface area (Å²) in [4.78, 5) is 35.2. The Kier molecular flexibility index (Phi) is 5.59. The lowest BCUT2D eigenvalue weighted by Gasteiger charge is -2.08. The average Bonchev–Trinajstić information content (AvgIpc) is 3.19. The van der Waals surface area contributed by atoms with Crippen LogP contribution in [0.25, 0.3) is 10.1 Å². The Morgan fingerprint density at radius 2 is 1.55 bits per heavy atom. The largest absolute Gasteiger partial charge is 0.422 e. The number of urea groups is 1. The van der Waals surface area contributed by atoms with Gasteiger partial charge < -0.3 is 15.4 Å². The van der Waals surface area contributed by atoms with E-state index in [0.717, 1.165) is 4.70 Å². The monoisotopic (exact) mass is 433 g/mol. The Hall–Kier alpha value is -4.24. The quantitative estimate of drug-likeness (QED) is 0.182. The van der Waals surface area contributed by atoms with Crippen molar-refractivity contribution >= 4 is 50.5 Å². The summed E-state index contributed by atoms with van der Waals surface area (Å²) in [5, 5.41) is 16.9. The smallest absolute Gasteiger partial charge is 0.353 e. The number of ether oxygens (including phenoxy) is 1. The summed E-state index contributed by atoms with van der Waals surface area (Å²) in [5.74, 6) is -0.256. The van der Waals surface area contributed by atoms with Gasteiger partial charge in [0.05, 0.1) is 4.92 Å². The number of hydrogen-bond donors (Lipinski definition) is 2. The highest BCUT2D eigenvalue weighted by Gasteiger charge is 2.15. The van der Waals surface area contributed by atoms with Crippen LogP contribution in [0.3, 0.4) is 0 Å². The molecule has 1 heterocycles. The zero-order chi connectivity index (χ0) is 21.8. The molecule has 0 saturated carbocycles. The van der Waals surface area contributed by atoms with Crippen molar-refractivity contribution in [3.8, 4) is 5.75 Å². The number of hydrogen-bond acceptors (Lipinski definition) is 6. The number of rotatable bonds is 5. The van der Waals surface area contributed by atoms with Crippen LogP contribution in [0.15, 0.2) is 78.9 Å². The number of fused-ring (bicyclic) bond motifs is 1. The zero-order valence-corrected chi connectivity index (χ0v) is 16.7. The molecule has 154 valence electrons. The second kappa shape index (κ2) is 8.64. The standard InChI is InChI=1S/C22H15N3O5S/c26-21(20-13-14-12-17(25(28)29)8-11-19(14)31-20)30-18-9-6-16(7-10-18)24-22(27)23-15-4-2-1-3-5-15/h1-13H,(H2,23,24,27). The highest BCUT2D eigenvalue weighted by Crippen LogP contribution is 2.30. The molecule has 0 atom stereocenters. The Morgan fingerprint density at radius 3 is 2.23 bits per heavy atom. The van der Waals surface area contributed by atoms with Crippen LogP contribution in [0.5, 0.6) is 5.75 Å². The van der Waals surface area contributed by atoms with Crippen LogP contribution >= 0.6 is 11.3 Å². The van der Waals surface area contributed by atoms with E-state index < -0.39 is 16.9 Å². The molecule has 0 bridgehead atoms. The first-order valence-corrected chi connectivity index (χ1v) is 9.93. The molecule has 1 aromatic heterocycles. The van der Waals surface area contributed by atoms with Crippen LogP contribution in [0.4, 0.5) is 21.9 Å². The van der Waals surface area contributed by atoms with Gasteiger partial charge in [0.2, 0.25) is 0 Å². The van der Waals surface area contributed by atoms with E-state index in [-0.39, 0.29) is 5.69 Å². The Labute approximate surface area is 180 Å². The number of nitro groups is 1. The summed E-state index contributed by atoms with van der Waals surface area (Å²) in [6, 6.07) is 21.0. The van der Waals surface area contributed by atoms with Gasteiger partial charge in [-0.3, -0.25) is 10.1 Å². The number of nitro benzene ring substituents is 1. The van der Waals surface area contributed by atoms with Crippen molar-refractivity contribution in [2.24, 2.45) is 0 Å². The predicted octanol–water partition coefficient (Wildman–Crippen LogP) is 5.67. The molecule has 31 heavy (non-hydrogen) atoms. The minimum absolute atomic E-state index is 0.0374. The maximum Gasteiger partial charge on any atom is 0.353 e. The SMILES string of the molecule is O=C(Nc1ccccc1)Nc1ccc(OC(=O)c2cc3cc([N+](=O)[O-])ccc3s2)cc1. The normalized spacial score (nSPS) is 10.5. The minimum Gasteiger partial charge on any atom is -0.422 e. The fourth-order valence-corrected chi connectivity index (χ4v) is 3.74. The number of thiophene rings is 1. The van der Waals surface area contributed by atoms with E-state index in [1.807, 2.05) is 18.2 Å². The van der Waals surface area contributed by atoms with Gasteiger partial charge in [0.15, 0.2) is 0 Å². The van der Waals surface area contributed by atoms with Crippen molar-refractivity contribution in [3.05, 3.63) is 93.9 Å². The van der Waals surface area contributed by atoms with E-state index in [1.165, 1.54) is 23.5 Å². The van der Waals surface area contributed by atoms with Gasteiger partial charge in [0, 0.05) is 33.6 Å². The van der Waals surface area contributed by atoms with Crippen LogP contribution in [0.1, 0.15) is 9.67 Å². The summed E-state index contributed by atoms with van der Waals surface area (Å²) in [6.07, 6.45) is 0. The first-order chi connectivity index (χ1) is 15.0. The molecule has 4 rings (SSSR count). The molecule has 0 spiro atoms. The van der Waals surface area contributed by atoms with E-state index in [0.29, 0.717) is 27.4 Å². The number of benzene rings is 3. The second-order valence-corrected chi connectivity index (χ2v) is 7.53. The summed E-state index contributed by atoms with van der Waals surface area (Å²) < 4.78 is 6.12. The van der Waals surface area contributed by atoms with Crippen molar-refractivity contribution in [2.75, 3.05) is 10.6 Å². The second-order valence-electron chi connectivity index (χ2n) is 6.45. The number of nitrogens with one attached hydrogen (secondary N) is 2. The Morgan fingerprint density at radius 1 is 0.871 bits per heavy atom. The molecule has 2 amide bonds. The molecule has 0 aliphatic carbocycles. The number of esters is 1. The van der Waals surface area contributed by atoms with Crippen molar-refractivity contribution in [3.63, 3.8) is 0 Å². The Bertz CT molecular complexity index is 1270. The van der Waals surface area contributed by atoms with E-state index in [1.54, 1.807) is 48.5 Å². The van der Waals surface area contributed by atoms with Crippen LogP contribution < -0.4 is 15.4 Å². The number of non-ortho nitro benzene ring substituents is 1. The van der Waals surface area contributed by atoms with Gasteiger partial charge in [-0.25, -0.2) is 9.59 Å². The molecule has 0 aliphatic heterocycles. The fraction of sp³-hybridized carbons (Fsp3) is 0. The molecule has 0 radical (unpaired) electrons. The third-order valence-electron chi connectivity index (χ3n) is 4.27. The van der Waals surface area contributed by atoms with Crippen molar-refractivity contribution in [1.82, 2.24) is 0 Å². The maximum absolute atomic E-state index is 12.4. The molecule has 3 aromatic carbocycles. The van der Waals surface area contributed by atoms with Gasteiger partial charge in [-0.1, -0.05) is 18.2 Å². The van der Waals surface area contributed by atoms with Gasteiger partial charge in [-0.15, -0.1) is 11.3 Å². The number of amides is 2. The summed E-state index contributed by atoms with van der Waals surface area (Å²) in [7, 11) is 0. The molecule has 2 N–H and O–H groups in total. The molecule has 4 aromatic rings. The number of nitrogens with zero attached hydrogens (tertiary/aromatic N) is 1. The van der Waals surface area contributed by atoms with Crippen LogP contribution in [-0.2, 0) is 0 Å². The zero-order valence-electron chi connectivity index (χ0n) is 15.9. The number of carbonyl (C=O) groups excluding carboxylic acids is 2. The molecule has 9 heteroatoms. The third-order valence-corrected chi connectivity index (χ3v) is 5.36. The first-order valence-electron chi connectivity index (χ1n) is 9.11. The molecule has 0 aliphatic rings. The summed E-state index contributed by atoms with van der Waals surface area (Å²) in [6.45, 7) is 0. The van der Waals surface area contributed by atoms with E-state index >= 15 is 0 Å². The number of para-hydroxylation sites is 1. The van der Waals surface area contributed by atoms with E-state index in [9.17, 15) is 19.7 Å². The van der Waals surface area contributed by atoms with Crippen LogP contribution in [-0.4, -0.2) is 16.9 Å². The molecule has 0 saturated heterocycles. The van der Waals surface area contributed by atoms with Gasteiger partial charge in [-0.05, 0) is 48.5 Å². The Balaban J connectivity index is 1.39. The highest BCUT2D eigenvalue weighted by molar-refractivity contribution is 7.20. The van der Waals surface area contributed by atoms with Crippen molar-refractivity contribution < 1.29 is 19.2 Å². The summed E-state index contributed by atoms with van der Waals surface area (Å²) in [5.41, 5.74) is 1.16. The van der Waals surface area contributed by atoms with Gasteiger partial charge in [0.25, 0.3) is 5.69 Å². The average molecular weight is 433 g/mol. The molecule has 0 fully saturated rings. The van der Waals surface area contributed by atoms with Crippen LogP contribution in [0.2, 0.25) is 0 Å². The fourth-order valence-electron chi connectivity index (χ4n) is 2.82. The van der Waals surface area contributed by atoms with Crippen molar-refractivity contribution in [1.29, 1.82) is 0 Å². The third kappa shape index (κ3) is 4.85. The van der Waals surface area contributed by atoms with Gasteiger partial charge >= 0.3 is 12.0 Å². The minimum atomic E-state index is -0.564. The maximum atomic E-state index is 12.4. The lowest BCUT2D eigenvalue weighted by atomic mass is 10.2. The number of carbonyl (C=O) groups is 2. The van der Waals surface area contributed by atoms with E-state index in [4.69, 9.17) is 4.74 Å². The van der Waals surface area contributed by atoms with Crippen molar-refractivity contribution in [2.45, 2.75) is 0 Å². The molecular formula is C22H15N3O5S. The molecule has 0 unspecified atom stereocenters. The predicted molar refractivity (Wildman–Crippen MR) is 119 cm³/mol. The molecule has 8 nitrogen and oxygen atoms in total. The topological polar surface area (TPSA) is 111 Å². The van der Waals surface area contributed by atoms with Gasteiger partial charge in [-0.2, -0.15) is 0 Å². The highest BCUT2D eigenvalue weighted by atomic mass is 32.1. The van der Waals surface area contributed by atoms with E-state index in [2.05, 4.69) is 10.6 Å².